The Balaban J connectivity index is 2.27. The molecule has 1 aromatic carbocycles. The van der Waals surface area contributed by atoms with Gasteiger partial charge < -0.3 is 4.90 Å². The zero-order valence-electron chi connectivity index (χ0n) is 11.1. The van der Waals surface area contributed by atoms with Crippen molar-refractivity contribution in [2.45, 2.75) is 26.3 Å². The fourth-order valence-electron chi connectivity index (χ4n) is 2.00. The molecule has 2 rings (SSSR count). The number of H-pyrrole nitrogens is 1. The zero-order chi connectivity index (χ0) is 13.8. The highest BCUT2D eigenvalue weighted by Gasteiger charge is 2.18. The van der Waals surface area contributed by atoms with E-state index in [9.17, 15) is 4.79 Å². The molecule has 1 heterocycles. The summed E-state index contributed by atoms with van der Waals surface area (Å²) < 4.78 is 0. The summed E-state index contributed by atoms with van der Waals surface area (Å²) in [5.41, 5.74) is 1.46. The number of rotatable bonds is 4. The molecule has 0 spiro atoms. The van der Waals surface area contributed by atoms with Crippen molar-refractivity contribution >= 4 is 16.8 Å². The van der Waals surface area contributed by atoms with Crippen molar-refractivity contribution in [2.24, 2.45) is 0 Å². The maximum absolute atomic E-state index is 12.4. The monoisotopic (exact) mass is 256 g/mol. The number of hydrogen-bond donors (Lipinski definition) is 1. The van der Waals surface area contributed by atoms with E-state index in [0.29, 0.717) is 18.5 Å². The van der Waals surface area contributed by atoms with Crippen molar-refractivity contribution in [3.05, 3.63) is 30.0 Å². The predicted molar refractivity (Wildman–Crippen MR) is 72.5 cm³/mol. The van der Waals surface area contributed by atoms with Crippen molar-refractivity contribution in [3.8, 4) is 6.07 Å². The van der Waals surface area contributed by atoms with Gasteiger partial charge in [0, 0.05) is 23.5 Å². The second-order valence-electron chi connectivity index (χ2n) is 4.67. The van der Waals surface area contributed by atoms with Gasteiger partial charge in [0.05, 0.1) is 24.2 Å². The molecule has 1 aromatic heterocycles. The Morgan fingerprint density at radius 2 is 2.32 bits per heavy atom. The smallest absolute Gasteiger partial charge is 0.254 e. The van der Waals surface area contributed by atoms with Crippen LogP contribution in [0.4, 0.5) is 0 Å². The third kappa shape index (κ3) is 2.74. The van der Waals surface area contributed by atoms with E-state index < -0.39 is 0 Å². The Morgan fingerprint density at radius 1 is 1.53 bits per heavy atom. The molecule has 0 fully saturated rings. The van der Waals surface area contributed by atoms with E-state index in [1.165, 1.54) is 0 Å². The molecule has 98 valence electrons. The Hall–Kier alpha value is -2.35. The Bertz CT molecular complexity index is 624. The van der Waals surface area contributed by atoms with Crippen molar-refractivity contribution in [1.29, 1.82) is 5.26 Å². The lowest BCUT2D eigenvalue weighted by Gasteiger charge is -2.25. The average molecular weight is 256 g/mol. The van der Waals surface area contributed by atoms with Crippen LogP contribution in [0.3, 0.4) is 0 Å². The fraction of sp³-hybridized carbons (Fsp3) is 0.357. The summed E-state index contributed by atoms with van der Waals surface area (Å²) in [5.74, 6) is -0.0539. The minimum atomic E-state index is -0.0539. The minimum Gasteiger partial charge on any atom is -0.335 e. The van der Waals surface area contributed by atoms with Crippen LogP contribution >= 0.6 is 0 Å². The number of fused-ring (bicyclic) bond motifs is 1. The predicted octanol–water partition coefficient (Wildman–Crippen LogP) is 2.33. The Kier molecular flexibility index (Phi) is 3.81. The summed E-state index contributed by atoms with van der Waals surface area (Å²) in [6, 6.07) is 7.60. The lowest BCUT2D eigenvalue weighted by atomic mass is 10.1. The molecule has 1 N–H and O–H groups in total. The van der Waals surface area contributed by atoms with Gasteiger partial charge in [-0.05, 0) is 26.0 Å². The highest BCUT2D eigenvalue weighted by atomic mass is 16.2. The number of amides is 1. The number of carbonyl (C=O) groups is 1. The van der Waals surface area contributed by atoms with Crippen LogP contribution in [0.1, 0.15) is 30.6 Å². The first-order valence-electron chi connectivity index (χ1n) is 6.24. The summed E-state index contributed by atoms with van der Waals surface area (Å²) in [6.07, 6.45) is 2.07. The lowest BCUT2D eigenvalue weighted by Crippen LogP contribution is -2.37. The third-order valence-corrected chi connectivity index (χ3v) is 3.04. The van der Waals surface area contributed by atoms with Crippen LogP contribution in [-0.4, -0.2) is 33.6 Å². The maximum Gasteiger partial charge on any atom is 0.254 e. The van der Waals surface area contributed by atoms with Gasteiger partial charge in [0.1, 0.15) is 0 Å². The first kappa shape index (κ1) is 13.1. The van der Waals surface area contributed by atoms with Crippen LogP contribution in [0.25, 0.3) is 10.9 Å². The van der Waals surface area contributed by atoms with Gasteiger partial charge in [0.2, 0.25) is 0 Å². The first-order chi connectivity index (χ1) is 9.13. The van der Waals surface area contributed by atoms with E-state index >= 15 is 0 Å². The van der Waals surface area contributed by atoms with E-state index in [4.69, 9.17) is 5.26 Å². The van der Waals surface area contributed by atoms with Gasteiger partial charge in [-0.2, -0.15) is 10.4 Å². The largest absolute Gasteiger partial charge is 0.335 e. The van der Waals surface area contributed by atoms with Gasteiger partial charge >= 0.3 is 0 Å². The van der Waals surface area contributed by atoms with E-state index in [0.717, 1.165) is 10.9 Å². The highest BCUT2D eigenvalue weighted by molar-refractivity contribution is 5.97. The number of carbonyl (C=O) groups excluding carboxylic acids is 1. The number of aromatic amines is 1. The molecule has 2 aromatic rings. The minimum absolute atomic E-state index is 0.0539. The molecule has 0 atom stereocenters. The molecule has 0 saturated carbocycles. The van der Waals surface area contributed by atoms with Gasteiger partial charge in [-0.1, -0.05) is 6.07 Å². The topological polar surface area (TPSA) is 72.8 Å². The molecular formula is C14H16N4O. The number of hydrogen-bond acceptors (Lipinski definition) is 3. The molecule has 0 aliphatic carbocycles. The van der Waals surface area contributed by atoms with Crippen LogP contribution in [0.2, 0.25) is 0 Å². The lowest BCUT2D eigenvalue weighted by molar-refractivity contribution is 0.0710. The number of nitrogens with zero attached hydrogens (tertiary/aromatic N) is 3. The molecule has 5 nitrogen and oxygen atoms in total. The first-order valence-corrected chi connectivity index (χ1v) is 6.24. The molecule has 1 amide bonds. The van der Waals surface area contributed by atoms with E-state index in [2.05, 4.69) is 16.3 Å². The van der Waals surface area contributed by atoms with Crippen LogP contribution in [0.15, 0.2) is 24.4 Å². The van der Waals surface area contributed by atoms with E-state index in [1.807, 2.05) is 19.9 Å². The Morgan fingerprint density at radius 3 is 3.00 bits per heavy atom. The van der Waals surface area contributed by atoms with Crippen LogP contribution in [0.5, 0.6) is 0 Å². The maximum atomic E-state index is 12.4. The van der Waals surface area contributed by atoms with Gasteiger partial charge in [0.25, 0.3) is 5.91 Å². The summed E-state index contributed by atoms with van der Waals surface area (Å²) in [5, 5.41) is 16.4. The number of nitrogens with one attached hydrogen (secondary N) is 1. The summed E-state index contributed by atoms with van der Waals surface area (Å²) in [7, 11) is 0. The van der Waals surface area contributed by atoms with Crippen LogP contribution in [-0.2, 0) is 0 Å². The molecule has 0 radical (unpaired) electrons. The van der Waals surface area contributed by atoms with Crippen LogP contribution in [0, 0.1) is 11.3 Å². The molecule has 0 bridgehead atoms. The van der Waals surface area contributed by atoms with Crippen molar-refractivity contribution in [2.75, 3.05) is 6.54 Å². The fourth-order valence-corrected chi connectivity index (χ4v) is 2.00. The molecule has 0 aliphatic rings. The molecule has 0 aliphatic heterocycles. The van der Waals surface area contributed by atoms with Crippen molar-refractivity contribution < 1.29 is 4.79 Å². The molecule has 5 heteroatoms. The number of aromatic nitrogens is 2. The summed E-state index contributed by atoms with van der Waals surface area (Å²) in [6.45, 7) is 4.35. The molecule has 0 saturated heterocycles. The zero-order valence-corrected chi connectivity index (χ0v) is 11.1. The third-order valence-electron chi connectivity index (χ3n) is 3.04. The van der Waals surface area contributed by atoms with Gasteiger partial charge in [-0.15, -0.1) is 0 Å². The Labute approximate surface area is 111 Å². The number of nitriles is 1. The van der Waals surface area contributed by atoms with E-state index in [-0.39, 0.29) is 11.9 Å². The summed E-state index contributed by atoms with van der Waals surface area (Å²) >= 11 is 0. The second-order valence-corrected chi connectivity index (χ2v) is 4.67. The average Bonchev–Trinajstić information content (AvgIpc) is 2.85. The molecule has 19 heavy (non-hydrogen) atoms. The van der Waals surface area contributed by atoms with Gasteiger partial charge in [-0.25, -0.2) is 0 Å². The quantitative estimate of drug-likeness (QED) is 0.912. The SMILES string of the molecule is CC(C)N(CCC#N)C(=O)c1ccc2cn[nH]c2c1. The van der Waals surface area contributed by atoms with Crippen molar-refractivity contribution in [3.63, 3.8) is 0 Å². The normalized spacial score (nSPS) is 10.6. The van der Waals surface area contributed by atoms with Crippen LogP contribution < -0.4 is 0 Å². The highest BCUT2D eigenvalue weighted by Crippen LogP contribution is 2.15. The van der Waals surface area contributed by atoms with E-state index in [1.54, 1.807) is 23.2 Å². The number of benzene rings is 1. The standard InChI is InChI=1S/C14H16N4O/c1-10(2)18(7-3-6-15)14(19)11-4-5-12-9-16-17-13(12)8-11/h4-5,8-10H,3,7H2,1-2H3,(H,16,17). The van der Waals surface area contributed by atoms with Crippen molar-refractivity contribution in [1.82, 2.24) is 15.1 Å². The molecular weight excluding hydrogens is 240 g/mol. The summed E-state index contributed by atoms with van der Waals surface area (Å²) in [4.78, 5) is 14.1. The second kappa shape index (κ2) is 5.53. The van der Waals surface area contributed by atoms with Gasteiger partial charge in [-0.3, -0.25) is 9.89 Å². The van der Waals surface area contributed by atoms with Gasteiger partial charge in [0.15, 0.2) is 0 Å². The molecule has 0 unspecified atom stereocenters.